The Morgan fingerprint density at radius 3 is 1.17 bits per heavy atom. The van der Waals surface area contributed by atoms with Crippen LogP contribution in [0.2, 0.25) is 0 Å². The van der Waals surface area contributed by atoms with Crippen LogP contribution in [-0.4, -0.2) is 4.98 Å². The molecule has 0 saturated heterocycles. The second-order valence-corrected chi connectivity index (χ2v) is 16.0. The molecule has 4 heteroatoms. The number of hydrogen-bond acceptors (Lipinski definition) is 4. The van der Waals surface area contributed by atoms with Crippen LogP contribution >= 0.6 is 24.2 Å². The number of unbranched alkanes of at least 4 members (excludes halogenated alkanes) is 30. The third-order valence-corrected chi connectivity index (χ3v) is 11.7. The molecule has 1 N–H and O–H groups in total. The molecular weight excluding hydrogens is 609 g/mol. The average molecular weight is 687 g/mol. The molecule has 0 bridgehead atoms. The highest BCUT2D eigenvalue weighted by Gasteiger charge is 2.12. The van der Waals surface area contributed by atoms with E-state index in [2.05, 4.69) is 43.5 Å². The molecule has 0 spiro atoms. The van der Waals surface area contributed by atoms with E-state index < -0.39 is 0 Å². The van der Waals surface area contributed by atoms with E-state index in [-0.39, 0.29) is 0 Å². The summed E-state index contributed by atoms with van der Waals surface area (Å²) < 4.78 is 4.30. The average Bonchev–Trinajstić information content (AvgIpc) is 3.52. The van der Waals surface area contributed by atoms with Crippen molar-refractivity contribution in [1.82, 2.24) is 4.98 Å². The molecule has 0 aliphatic heterocycles. The lowest BCUT2D eigenvalue weighted by Gasteiger charge is -2.11. The zero-order valence-corrected chi connectivity index (χ0v) is 33.2. The Morgan fingerprint density at radius 2 is 0.809 bits per heavy atom. The summed E-state index contributed by atoms with van der Waals surface area (Å²) in [6.07, 6.45) is 48.0. The van der Waals surface area contributed by atoms with Crippen molar-refractivity contribution in [1.29, 1.82) is 0 Å². The van der Waals surface area contributed by atoms with E-state index >= 15 is 0 Å². The number of nitrogens with one attached hydrogen (secondary N) is 1. The van der Waals surface area contributed by atoms with Crippen LogP contribution in [-0.2, 0) is 12.8 Å². The zero-order valence-electron chi connectivity index (χ0n) is 31.5. The number of hydrogen-bond donors (Lipinski definition) is 2. The van der Waals surface area contributed by atoms with Crippen molar-refractivity contribution in [2.75, 3.05) is 4.72 Å². The van der Waals surface area contributed by atoms with Crippen molar-refractivity contribution >= 4 is 39.5 Å². The van der Waals surface area contributed by atoms with Crippen LogP contribution in [0.15, 0.2) is 12.1 Å². The second-order valence-electron chi connectivity index (χ2n) is 14.8. The van der Waals surface area contributed by atoms with Gasteiger partial charge in [0.1, 0.15) is 0 Å². The SMILES string of the molecule is CCCCCCCCCCCCCCCCCCc1ccc2sc(NS)nc2c1CCCCCCCCCCCCCCCCCC. The van der Waals surface area contributed by atoms with Crippen LogP contribution in [0.3, 0.4) is 0 Å². The molecule has 0 amide bonds. The minimum Gasteiger partial charge on any atom is -0.308 e. The number of aromatic nitrogens is 1. The molecule has 0 saturated carbocycles. The summed E-state index contributed by atoms with van der Waals surface area (Å²) in [7, 11) is 0. The largest absolute Gasteiger partial charge is 0.308 e. The Balaban J connectivity index is 1.53. The normalized spacial score (nSPS) is 11.6. The minimum atomic E-state index is 0.927. The van der Waals surface area contributed by atoms with Crippen molar-refractivity contribution in [3.05, 3.63) is 23.3 Å². The lowest BCUT2D eigenvalue weighted by Crippen LogP contribution is -1.97. The Morgan fingerprint density at radius 1 is 0.468 bits per heavy atom. The van der Waals surface area contributed by atoms with E-state index in [4.69, 9.17) is 4.98 Å². The summed E-state index contributed by atoms with van der Waals surface area (Å²) in [5, 5.41) is 0.927. The van der Waals surface area contributed by atoms with Gasteiger partial charge in [-0.25, -0.2) is 4.98 Å². The van der Waals surface area contributed by atoms with Gasteiger partial charge in [0.15, 0.2) is 5.13 Å². The number of thiazole rings is 1. The monoisotopic (exact) mass is 687 g/mol. The summed E-state index contributed by atoms with van der Waals surface area (Å²) >= 11 is 6.02. The first-order valence-corrected chi connectivity index (χ1v) is 22.4. The molecule has 2 nitrogen and oxygen atoms in total. The van der Waals surface area contributed by atoms with E-state index in [1.807, 2.05) is 0 Å². The van der Waals surface area contributed by atoms with Gasteiger partial charge in [-0.3, -0.25) is 0 Å². The van der Waals surface area contributed by atoms with E-state index in [1.54, 1.807) is 16.9 Å². The Bertz CT molecular complexity index is 955. The molecule has 1 aromatic heterocycles. The number of nitrogens with zero attached hydrogens (tertiary/aromatic N) is 1. The van der Waals surface area contributed by atoms with Gasteiger partial charge < -0.3 is 4.72 Å². The van der Waals surface area contributed by atoms with Gasteiger partial charge in [-0.05, 0) is 42.9 Å². The van der Waals surface area contributed by atoms with Crippen molar-refractivity contribution in [2.45, 2.75) is 232 Å². The molecule has 1 heterocycles. The summed E-state index contributed by atoms with van der Waals surface area (Å²) in [5.74, 6) is 0. The van der Waals surface area contributed by atoms with Crippen LogP contribution < -0.4 is 4.72 Å². The topological polar surface area (TPSA) is 24.9 Å². The molecule has 0 aliphatic rings. The van der Waals surface area contributed by atoms with Crippen molar-refractivity contribution < 1.29 is 0 Å². The third-order valence-electron chi connectivity index (χ3n) is 10.4. The summed E-state index contributed by atoms with van der Waals surface area (Å²) in [6.45, 7) is 4.61. The predicted octanol–water partition coefficient (Wildman–Crippen LogP) is 16.2. The molecule has 0 aliphatic carbocycles. The van der Waals surface area contributed by atoms with Crippen LogP contribution in [0.4, 0.5) is 5.13 Å². The highest BCUT2D eigenvalue weighted by Crippen LogP contribution is 2.32. The molecule has 2 aromatic rings. The van der Waals surface area contributed by atoms with Crippen molar-refractivity contribution in [2.24, 2.45) is 0 Å². The number of rotatable bonds is 35. The Kier molecular flexibility index (Phi) is 28.2. The van der Waals surface area contributed by atoms with Gasteiger partial charge in [0.25, 0.3) is 0 Å². The number of anilines is 1. The lowest BCUT2D eigenvalue weighted by atomic mass is 9.95. The van der Waals surface area contributed by atoms with E-state index in [1.165, 1.54) is 234 Å². The standard InChI is InChI=1S/C43H78N2S2/c1-3-5-7-9-11-13-15-17-19-21-23-25-27-29-31-33-35-39-37-38-41-42(44-43(45-46)47-41)40(39)36-34-32-30-28-26-24-22-20-18-16-14-12-10-8-6-4-2/h37-38,46H,3-36H2,1-2H3,(H,44,45). The zero-order chi connectivity index (χ0) is 33.5. The van der Waals surface area contributed by atoms with Gasteiger partial charge in [0.2, 0.25) is 0 Å². The molecule has 1 aromatic carbocycles. The van der Waals surface area contributed by atoms with Gasteiger partial charge >= 0.3 is 0 Å². The highest BCUT2D eigenvalue weighted by molar-refractivity contribution is 7.82. The fourth-order valence-corrected chi connectivity index (χ4v) is 8.34. The molecular formula is C43H78N2S2. The van der Waals surface area contributed by atoms with Crippen LogP contribution in [0.1, 0.15) is 230 Å². The van der Waals surface area contributed by atoms with Gasteiger partial charge in [-0.2, -0.15) is 0 Å². The number of benzene rings is 1. The van der Waals surface area contributed by atoms with E-state index in [0.29, 0.717) is 0 Å². The first-order valence-electron chi connectivity index (χ1n) is 21.1. The summed E-state index contributed by atoms with van der Waals surface area (Å²) in [4.78, 5) is 4.94. The number of thiol groups is 1. The second kappa shape index (κ2) is 31.3. The fourth-order valence-electron chi connectivity index (χ4n) is 7.36. The Labute approximate surface area is 303 Å². The molecule has 47 heavy (non-hydrogen) atoms. The van der Waals surface area contributed by atoms with Gasteiger partial charge in [0.05, 0.1) is 10.2 Å². The van der Waals surface area contributed by atoms with Gasteiger partial charge in [-0.1, -0.05) is 237 Å². The van der Waals surface area contributed by atoms with E-state index in [0.717, 1.165) is 5.13 Å². The molecule has 0 unspecified atom stereocenters. The third kappa shape index (κ3) is 21.9. The van der Waals surface area contributed by atoms with Crippen LogP contribution in [0.25, 0.3) is 10.2 Å². The number of aryl methyl sites for hydroxylation is 2. The van der Waals surface area contributed by atoms with E-state index in [9.17, 15) is 0 Å². The van der Waals surface area contributed by atoms with Crippen LogP contribution in [0, 0.1) is 0 Å². The van der Waals surface area contributed by atoms with Gasteiger partial charge in [-0.15, -0.1) is 0 Å². The first-order chi connectivity index (χ1) is 23.3. The molecule has 0 fully saturated rings. The fraction of sp³-hybridized carbons (Fsp3) is 0.837. The maximum Gasteiger partial charge on any atom is 0.193 e. The summed E-state index contributed by atoms with van der Waals surface area (Å²) in [6, 6.07) is 4.72. The smallest absolute Gasteiger partial charge is 0.193 e. The number of fused-ring (bicyclic) bond motifs is 1. The predicted molar refractivity (Wildman–Crippen MR) is 219 cm³/mol. The lowest BCUT2D eigenvalue weighted by molar-refractivity contribution is 0.528. The molecule has 0 atom stereocenters. The molecule has 272 valence electrons. The first kappa shape index (κ1) is 42.4. The summed E-state index contributed by atoms with van der Waals surface area (Å²) in [5.41, 5.74) is 4.32. The van der Waals surface area contributed by atoms with Gasteiger partial charge in [0, 0.05) is 0 Å². The van der Waals surface area contributed by atoms with Crippen molar-refractivity contribution in [3.8, 4) is 0 Å². The molecule has 0 radical (unpaired) electrons. The van der Waals surface area contributed by atoms with Crippen molar-refractivity contribution in [3.63, 3.8) is 0 Å². The maximum absolute atomic E-state index is 4.94. The molecule has 2 rings (SSSR count). The maximum atomic E-state index is 4.94. The highest BCUT2D eigenvalue weighted by atomic mass is 32.1. The minimum absolute atomic E-state index is 0.927. The van der Waals surface area contributed by atoms with Crippen LogP contribution in [0.5, 0.6) is 0 Å². The quantitative estimate of drug-likeness (QED) is 0.0557. The Hall–Kier alpha value is -0.740.